The molecule has 22 heavy (non-hydrogen) atoms. The number of hydrogen-bond acceptors (Lipinski definition) is 4. The highest BCUT2D eigenvalue weighted by molar-refractivity contribution is 5.34. The van der Waals surface area contributed by atoms with Gasteiger partial charge in [-0.2, -0.15) is 0 Å². The van der Waals surface area contributed by atoms with Gasteiger partial charge in [0.1, 0.15) is 18.5 Å². The Bertz CT molecular complexity index is 467. The van der Waals surface area contributed by atoms with E-state index >= 15 is 0 Å². The Morgan fingerprint density at radius 3 is 2.73 bits per heavy atom. The molecule has 1 saturated heterocycles. The van der Waals surface area contributed by atoms with Crippen LogP contribution < -0.4 is 4.74 Å². The molecule has 0 unspecified atom stereocenters. The molecule has 4 heteroatoms. The van der Waals surface area contributed by atoms with E-state index in [2.05, 4.69) is 25.3 Å². The average Bonchev–Trinajstić information content (AvgIpc) is 2.45. The number of aliphatic hydroxyl groups is 1. The van der Waals surface area contributed by atoms with Gasteiger partial charge in [0.25, 0.3) is 0 Å². The van der Waals surface area contributed by atoms with Crippen LogP contribution in [0.25, 0.3) is 0 Å². The van der Waals surface area contributed by atoms with Crippen LogP contribution in [0.15, 0.2) is 36.9 Å². The monoisotopic (exact) mass is 305 g/mol. The highest BCUT2D eigenvalue weighted by Gasteiger charge is 2.24. The lowest BCUT2D eigenvalue weighted by Gasteiger charge is -2.36. The van der Waals surface area contributed by atoms with Crippen LogP contribution in [0.2, 0.25) is 0 Å². The van der Waals surface area contributed by atoms with E-state index in [0.717, 1.165) is 30.8 Å². The number of aliphatic hydroxyl groups excluding tert-OH is 1. The molecule has 0 radical (unpaired) electrons. The molecule has 0 saturated carbocycles. The summed E-state index contributed by atoms with van der Waals surface area (Å²) in [6.45, 7) is 10.5. The van der Waals surface area contributed by atoms with Crippen LogP contribution >= 0.6 is 0 Å². The van der Waals surface area contributed by atoms with E-state index in [0.29, 0.717) is 13.2 Å². The van der Waals surface area contributed by atoms with E-state index in [1.165, 1.54) is 0 Å². The first kappa shape index (κ1) is 17.0. The number of allylic oxidation sites excluding steroid dienone is 1. The molecule has 2 rings (SSSR count). The van der Waals surface area contributed by atoms with Gasteiger partial charge in [-0.25, -0.2) is 0 Å². The van der Waals surface area contributed by atoms with Crippen LogP contribution in [-0.4, -0.2) is 54.6 Å². The Kier molecular flexibility index (Phi) is 6.43. The van der Waals surface area contributed by atoms with Crippen LogP contribution in [0.1, 0.15) is 19.4 Å². The number of hydrogen-bond donors (Lipinski definition) is 1. The average molecular weight is 305 g/mol. The topological polar surface area (TPSA) is 41.9 Å². The molecule has 1 fully saturated rings. The van der Waals surface area contributed by atoms with Crippen molar-refractivity contribution in [3.8, 4) is 5.75 Å². The van der Waals surface area contributed by atoms with Gasteiger partial charge in [0.2, 0.25) is 0 Å². The summed E-state index contributed by atoms with van der Waals surface area (Å²) in [5.41, 5.74) is 1.10. The third kappa shape index (κ3) is 5.13. The van der Waals surface area contributed by atoms with Crippen molar-refractivity contribution < 1.29 is 14.6 Å². The first-order chi connectivity index (χ1) is 10.6. The largest absolute Gasteiger partial charge is 0.491 e. The molecule has 1 aromatic carbocycles. The molecule has 1 N–H and O–H groups in total. The van der Waals surface area contributed by atoms with Crippen molar-refractivity contribution in [2.45, 2.75) is 38.6 Å². The summed E-state index contributed by atoms with van der Waals surface area (Å²) in [6.07, 6.45) is 2.55. The number of β-amino-alcohol motifs (C(OH)–C–C–N with tert-alkyl or cyclic N) is 1. The minimum Gasteiger partial charge on any atom is -0.491 e. The minimum atomic E-state index is -0.505. The Hall–Kier alpha value is -1.36. The van der Waals surface area contributed by atoms with E-state index in [9.17, 15) is 5.11 Å². The number of morpholine rings is 1. The highest BCUT2D eigenvalue weighted by Crippen LogP contribution is 2.19. The molecule has 1 aromatic rings. The van der Waals surface area contributed by atoms with Gasteiger partial charge < -0.3 is 14.6 Å². The zero-order valence-corrected chi connectivity index (χ0v) is 13.6. The van der Waals surface area contributed by atoms with E-state index in [4.69, 9.17) is 9.47 Å². The van der Waals surface area contributed by atoms with E-state index < -0.39 is 6.10 Å². The molecule has 122 valence electrons. The number of nitrogens with zero attached hydrogens (tertiary/aromatic N) is 1. The van der Waals surface area contributed by atoms with Crippen molar-refractivity contribution in [1.29, 1.82) is 0 Å². The standard InChI is InChI=1S/C18H27NO3/c1-4-7-16-8-5-6-9-18(16)21-13-17(20)12-19-10-14(2)22-15(3)11-19/h4-6,8-9,14-15,17,20H,1,7,10-13H2,2-3H3/t14-,15+,17-/m1/s1. The van der Waals surface area contributed by atoms with Crippen molar-refractivity contribution in [2.24, 2.45) is 0 Å². The van der Waals surface area contributed by atoms with Gasteiger partial charge in [-0.15, -0.1) is 6.58 Å². The maximum Gasteiger partial charge on any atom is 0.122 e. The number of para-hydroxylation sites is 1. The van der Waals surface area contributed by atoms with E-state index in [-0.39, 0.29) is 12.2 Å². The minimum absolute atomic E-state index is 0.213. The molecule has 1 aliphatic rings. The molecule has 1 aliphatic heterocycles. The highest BCUT2D eigenvalue weighted by atomic mass is 16.5. The lowest BCUT2D eigenvalue weighted by molar-refractivity contribution is -0.0786. The number of rotatable bonds is 7. The Balaban J connectivity index is 1.82. The van der Waals surface area contributed by atoms with Crippen LogP contribution in [0, 0.1) is 0 Å². The van der Waals surface area contributed by atoms with Crippen molar-refractivity contribution in [2.75, 3.05) is 26.2 Å². The second-order valence-corrected chi connectivity index (χ2v) is 6.04. The lowest BCUT2D eigenvalue weighted by Crippen LogP contribution is -2.48. The molecule has 4 nitrogen and oxygen atoms in total. The summed E-state index contributed by atoms with van der Waals surface area (Å²) >= 11 is 0. The fraction of sp³-hybridized carbons (Fsp3) is 0.556. The van der Waals surface area contributed by atoms with Gasteiger partial charge in [-0.3, -0.25) is 4.90 Å². The van der Waals surface area contributed by atoms with Crippen molar-refractivity contribution in [3.63, 3.8) is 0 Å². The van der Waals surface area contributed by atoms with Gasteiger partial charge in [0, 0.05) is 19.6 Å². The van der Waals surface area contributed by atoms with Gasteiger partial charge in [-0.1, -0.05) is 24.3 Å². The molecule has 0 bridgehead atoms. The molecule has 3 atom stereocenters. The summed E-state index contributed by atoms with van der Waals surface area (Å²) in [6, 6.07) is 7.89. The fourth-order valence-electron chi connectivity index (χ4n) is 2.94. The predicted octanol–water partition coefficient (Wildman–Crippen LogP) is 2.26. The summed E-state index contributed by atoms with van der Waals surface area (Å²) in [7, 11) is 0. The van der Waals surface area contributed by atoms with E-state index in [1.807, 2.05) is 30.3 Å². The third-order valence-corrected chi connectivity index (χ3v) is 3.73. The van der Waals surface area contributed by atoms with Crippen LogP contribution in [0.5, 0.6) is 5.75 Å². The summed E-state index contributed by atoms with van der Waals surface area (Å²) in [5.74, 6) is 0.824. The number of benzene rings is 1. The van der Waals surface area contributed by atoms with Crippen molar-refractivity contribution in [3.05, 3.63) is 42.5 Å². The van der Waals surface area contributed by atoms with Crippen molar-refractivity contribution >= 4 is 0 Å². The molecule has 0 spiro atoms. The molecule has 1 heterocycles. The number of ether oxygens (including phenoxy) is 2. The summed E-state index contributed by atoms with van der Waals surface area (Å²) in [4.78, 5) is 2.24. The Morgan fingerprint density at radius 2 is 2.05 bits per heavy atom. The lowest BCUT2D eigenvalue weighted by atomic mass is 10.1. The fourth-order valence-corrected chi connectivity index (χ4v) is 2.94. The maximum absolute atomic E-state index is 10.2. The zero-order valence-electron chi connectivity index (χ0n) is 13.6. The second-order valence-electron chi connectivity index (χ2n) is 6.04. The maximum atomic E-state index is 10.2. The molecular formula is C18H27NO3. The first-order valence-electron chi connectivity index (χ1n) is 7.96. The molecule has 0 amide bonds. The third-order valence-electron chi connectivity index (χ3n) is 3.73. The van der Waals surface area contributed by atoms with Crippen LogP contribution in [0.3, 0.4) is 0 Å². The smallest absolute Gasteiger partial charge is 0.122 e. The van der Waals surface area contributed by atoms with Crippen LogP contribution in [-0.2, 0) is 11.2 Å². The van der Waals surface area contributed by atoms with Gasteiger partial charge >= 0.3 is 0 Å². The quantitative estimate of drug-likeness (QED) is 0.785. The van der Waals surface area contributed by atoms with Crippen LogP contribution in [0.4, 0.5) is 0 Å². The normalized spacial score (nSPS) is 24.0. The van der Waals surface area contributed by atoms with E-state index in [1.54, 1.807) is 0 Å². The SMILES string of the molecule is C=CCc1ccccc1OC[C@H](O)CN1C[C@@H](C)O[C@@H](C)C1. The van der Waals surface area contributed by atoms with Gasteiger partial charge in [0.15, 0.2) is 0 Å². The molecular weight excluding hydrogens is 278 g/mol. The Labute approximate surface area is 133 Å². The van der Waals surface area contributed by atoms with Crippen molar-refractivity contribution in [1.82, 2.24) is 4.90 Å². The predicted molar refractivity (Wildman–Crippen MR) is 88.3 cm³/mol. The summed E-state index contributed by atoms with van der Waals surface area (Å²) in [5, 5.41) is 10.2. The first-order valence-corrected chi connectivity index (χ1v) is 7.96. The van der Waals surface area contributed by atoms with Gasteiger partial charge in [-0.05, 0) is 31.9 Å². The van der Waals surface area contributed by atoms with Gasteiger partial charge in [0.05, 0.1) is 12.2 Å². The molecule has 0 aliphatic carbocycles. The Morgan fingerprint density at radius 1 is 1.36 bits per heavy atom. The summed E-state index contributed by atoms with van der Waals surface area (Å²) < 4.78 is 11.5. The zero-order chi connectivity index (χ0) is 15.9. The second kappa shape index (κ2) is 8.32. The molecule has 0 aromatic heterocycles.